The van der Waals surface area contributed by atoms with Gasteiger partial charge in [0.1, 0.15) is 17.3 Å². The molecule has 0 radical (unpaired) electrons. The van der Waals surface area contributed by atoms with Gasteiger partial charge in [0, 0.05) is 23.1 Å². The molecule has 1 aliphatic rings. The van der Waals surface area contributed by atoms with Gasteiger partial charge >= 0.3 is 0 Å². The molecule has 0 aliphatic heterocycles. The van der Waals surface area contributed by atoms with E-state index in [0.717, 1.165) is 4.88 Å². The number of rotatable bonds is 1. The zero-order valence-electron chi connectivity index (χ0n) is 7.28. The molecule has 0 N–H and O–H groups in total. The SMILES string of the molecule is N#Cc1csc(C2(C#N)CC(=O)C2)c1. The summed E-state index contributed by atoms with van der Waals surface area (Å²) in [5.41, 5.74) is -0.0596. The molecule has 3 nitrogen and oxygen atoms in total. The number of ketones is 1. The highest BCUT2D eigenvalue weighted by atomic mass is 32.1. The van der Waals surface area contributed by atoms with Crippen molar-refractivity contribution < 1.29 is 4.79 Å². The molecule has 2 rings (SSSR count). The first-order chi connectivity index (χ1) is 6.70. The molecule has 1 heterocycles. The van der Waals surface area contributed by atoms with E-state index in [1.54, 1.807) is 11.4 Å². The first-order valence-corrected chi connectivity index (χ1v) is 5.00. The average molecular weight is 202 g/mol. The maximum absolute atomic E-state index is 10.9. The van der Waals surface area contributed by atoms with Crippen LogP contribution in [0.25, 0.3) is 0 Å². The van der Waals surface area contributed by atoms with Crippen LogP contribution in [0.15, 0.2) is 11.4 Å². The van der Waals surface area contributed by atoms with Crippen LogP contribution in [0.1, 0.15) is 23.3 Å². The number of hydrogen-bond donors (Lipinski definition) is 0. The number of hydrogen-bond acceptors (Lipinski definition) is 4. The standard InChI is InChI=1S/C10H6N2OS/c11-4-7-1-9(14-5-7)10(6-12)2-8(13)3-10/h1,5H,2-3H2. The summed E-state index contributed by atoms with van der Waals surface area (Å²) in [5.74, 6) is 0.124. The van der Waals surface area contributed by atoms with Gasteiger partial charge in [-0.1, -0.05) is 0 Å². The summed E-state index contributed by atoms with van der Waals surface area (Å²) < 4.78 is 0. The molecule has 0 atom stereocenters. The van der Waals surface area contributed by atoms with E-state index in [1.807, 2.05) is 6.07 Å². The zero-order valence-corrected chi connectivity index (χ0v) is 8.10. The minimum Gasteiger partial charge on any atom is -0.300 e. The summed E-state index contributed by atoms with van der Waals surface area (Å²) in [5, 5.41) is 19.4. The van der Waals surface area contributed by atoms with Gasteiger partial charge in [0.25, 0.3) is 0 Å². The quantitative estimate of drug-likeness (QED) is 0.696. The Morgan fingerprint density at radius 2 is 2.14 bits per heavy atom. The molecule has 1 fully saturated rings. The molecule has 0 spiro atoms. The van der Waals surface area contributed by atoms with Crippen molar-refractivity contribution in [1.29, 1.82) is 10.5 Å². The van der Waals surface area contributed by atoms with E-state index in [1.165, 1.54) is 11.3 Å². The van der Waals surface area contributed by atoms with Gasteiger partial charge in [0.2, 0.25) is 0 Å². The van der Waals surface area contributed by atoms with Crippen molar-refractivity contribution in [1.82, 2.24) is 0 Å². The molecule has 0 bridgehead atoms. The van der Waals surface area contributed by atoms with Crippen molar-refractivity contribution in [2.45, 2.75) is 18.3 Å². The molecule has 1 aromatic rings. The number of carbonyl (C=O) groups is 1. The van der Waals surface area contributed by atoms with Crippen LogP contribution >= 0.6 is 11.3 Å². The van der Waals surface area contributed by atoms with E-state index >= 15 is 0 Å². The monoisotopic (exact) mass is 202 g/mol. The third-order valence-electron chi connectivity index (χ3n) is 2.41. The lowest BCUT2D eigenvalue weighted by Crippen LogP contribution is -2.39. The number of Topliss-reactive ketones (excluding diaryl/α,β-unsaturated/α-hetero) is 1. The van der Waals surface area contributed by atoms with Gasteiger partial charge in [-0.2, -0.15) is 10.5 Å². The van der Waals surface area contributed by atoms with E-state index in [0.29, 0.717) is 18.4 Å². The smallest absolute Gasteiger partial charge is 0.136 e. The summed E-state index contributed by atoms with van der Waals surface area (Å²) in [6.45, 7) is 0. The van der Waals surface area contributed by atoms with Gasteiger partial charge in [-0.05, 0) is 6.07 Å². The van der Waals surface area contributed by atoms with Crippen molar-refractivity contribution in [3.8, 4) is 12.1 Å². The first-order valence-electron chi connectivity index (χ1n) is 4.12. The van der Waals surface area contributed by atoms with Crippen LogP contribution in [0.3, 0.4) is 0 Å². The fraction of sp³-hybridized carbons (Fsp3) is 0.300. The maximum atomic E-state index is 10.9. The van der Waals surface area contributed by atoms with Gasteiger partial charge < -0.3 is 0 Å². The largest absolute Gasteiger partial charge is 0.300 e. The first kappa shape index (κ1) is 8.93. The Morgan fingerprint density at radius 1 is 1.43 bits per heavy atom. The third kappa shape index (κ3) is 1.13. The summed E-state index contributed by atoms with van der Waals surface area (Å²) >= 11 is 1.39. The van der Waals surface area contributed by atoms with Crippen molar-refractivity contribution in [3.63, 3.8) is 0 Å². The Balaban J connectivity index is 2.36. The van der Waals surface area contributed by atoms with E-state index in [2.05, 4.69) is 6.07 Å². The van der Waals surface area contributed by atoms with Crippen molar-refractivity contribution >= 4 is 17.1 Å². The summed E-state index contributed by atoms with van der Waals surface area (Å²) in [6, 6.07) is 5.91. The van der Waals surface area contributed by atoms with Crippen molar-refractivity contribution in [3.05, 3.63) is 21.9 Å². The number of nitriles is 2. The zero-order chi connectivity index (χ0) is 10.2. The fourth-order valence-electron chi connectivity index (χ4n) is 1.58. The minimum atomic E-state index is -0.628. The highest BCUT2D eigenvalue weighted by Gasteiger charge is 2.46. The van der Waals surface area contributed by atoms with Crippen LogP contribution < -0.4 is 0 Å². The lowest BCUT2D eigenvalue weighted by atomic mass is 9.68. The van der Waals surface area contributed by atoms with Crippen LogP contribution in [0.2, 0.25) is 0 Å². The predicted octanol–water partition coefficient (Wildman–Crippen LogP) is 1.74. The molecule has 14 heavy (non-hydrogen) atoms. The van der Waals surface area contributed by atoms with Gasteiger partial charge in [0.05, 0.1) is 11.6 Å². The predicted molar refractivity (Wildman–Crippen MR) is 50.6 cm³/mol. The Bertz CT molecular complexity index is 467. The van der Waals surface area contributed by atoms with Gasteiger partial charge in [0.15, 0.2) is 0 Å². The Morgan fingerprint density at radius 3 is 2.57 bits per heavy atom. The molecule has 0 aromatic carbocycles. The molecular weight excluding hydrogens is 196 g/mol. The fourth-order valence-corrected chi connectivity index (χ4v) is 2.56. The molecule has 0 unspecified atom stereocenters. The second kappa shape index (κ2) is 2.94. The van der Waals surface area contributed by atoms with Gasteiger partial charge in [-0.3, -0.25) is 4.79 Å². The minimum absolute atomic E-state index is 0.124. The van der Waals surface area contributed by atoms with Gasteiger partial charge in [-0.25, -0.2) is 0 Å². The topological polar surface area (TPSA) is 64.7 Å². The van der Waals surface area contributed by atoms with E-state index in [9.17, 15) is 4.79 Å². The molecular formula is C10H6N2OS. The summed E-state index contributed by atoms with van der Waals surface area (Å²) in [7, 11) is 0. The Hall–Kier alpha value is -1.65. The molecule has 68 valence electrons. The summed E-state index contributed by atoms with van der Waals surface area (Å²) in [6.07, 6.45) is 0.601. The lowest BCUT2D eigenvalue weighted by molar-refractivity contribution is -0.126. The second-order valence-electron chi connectivity index (χ2n) is 3.40. The van der Waals surface area contributed by atoms with E-state index in [-0.39, 0.29) is 5.78 Å². The molecule has 0 saturated heterocycles. The maximum Gasteiger partial charge on any atom is 0.136 e. The van der Waals surface area contributed by atoms with Crippen molar-refractivity contribution in [2.75, 3.05) is 0 Å². The molecule has 1 aliphatic carbocycles. The molecule has 4 heteroatoms. The Kier molecular flexibility index (Phi) is 1.87. The number of nitrogens with zero attached hydrogens (tertiary/aromatic N) is 2. The highest BCUT2D eigenvalue weighted by Crippen LogP contribution is 2.43. The number of carbonyl (C=O) groups excluding carboxylic acids is 1. The second-order valence-corrected chi connectivity index (χ2v) is 4.31. The molecule has 0 amide bonds. The third-order valence-corrected chi connectivity index (χ3v) is 3.55. The Labute approximate surface area is 85.2 Å². The van der Waals surface area contributed by atoms with Crippen LogP contribution in [0.4, 0.5) is 0 Å². The van der Waals surface area contributed by atoms with Gasteiger partial charge in [-0.15, -0.1) is 11.3 Å². The molecule has 1 saturated carbocycles. The van der Waals surface area contributed by atoms with E-state index < -0.39 is 5.41 Å². The van der Waals surface area contributed by atoms with Crippen LogP contribution in [0, 0.1) is 22.7 Å². The van der Waals surface area contributed by atoms with Crippen LogP contribution in [0.5, 0.6) is 0 Å². The number of thiophene rings is 1. The highest BCUT2D eigenvalue weighted by molar-refractivity contribution is 7.10. The lowest BCUT2D eigenvalue weighted by Gasteiger charge is -2.32. The summed E-state index contributed by atoms with van der Waals surface area (Å²) in [4.78, 5) is 11.8. The van der Waals surface area contributed by atoms with Crippen molar-refractivity contribution in [2.24, 2.45) is 0 Å². The van der Waals surface area contributed by atoms with Crippen LogP contribution in [-0.2, 0) is 10.2 Å². The van der Waals surface area contributed by atoms with Crippen LogP contribution in [-0.4, -0.2) is 5.78 Å². The molecule has 1 aromatic heterocycles. The average Bonchev–Trinajstić information content (AvgIpc) is 2.61. The normalized spacial score (nSPS) is 18.0. The van der Waals surface area contributed by atoms with E-state index in [4.69, 9.17) is 10.5 Å².